The number of sulfonamides is 1. The van der Waals surface area contributed by atoms with Gasteiger partial charge in [0.25, 0.3) is 10.0 Å². The molecule has 1 aliphatic rings. The van der Waals surface area contributed by atoms with Gasteiger partial charge in [-0.25, -0.2) is 8.42 Å². The molecule has 0 saturated carbocycles. The van der Waals surface area contributed by atoms with Gasteiger partial charge >= 0.3 is 0 Å². The number of fused-ring (bicyclic) bond motifs is 1. The maximum Gasteiger partial charge on any atom is 0.263 e. The van der Waals surface area contributed by atoms with Crippen molar-refractivity contribution in [1.29, 1.82) is 0 Å². The number of hydrogen-bond donors (Lipinski definition) is 2. The fraction of sp³-hybridized carbons (Fsp3) is 0.200. The number of nitrogens with one attached hydrogen (secondary N) is 2. The minimum absolute atomic E-state index is 0. The Morgan fingerprint density at radius 1 is 0.931 bits per heavy atom. The number of rotatable bonds is 4. The van der Waals surface area contributed by atoms with E-state index in [1.807, 2.05) is 30.3 Å². The molecule has 29 heavy (non-hydrogen) atoms. The molecule has 1 aliphatic heterocycles. The quantitative estimate of drug-likeness (QED) is 0.574. The summed E-state index contributed by atoms with van der Waals surface area (Å²) in [6, 6.07) is 15.9. The molecule has 3 aromatic rings. The lowest BCUT2D eigenvalue weighted by Gasteiger charge is -2.30. The van der Waals surface area contributed by atoms with Crippen molar-refractivity contribution in [2.45, 2.75) is 4.90 Å². The summed E-state index contributed by atoms with van der Waals surface area (Å²) in [7, 11) is -3.89. The second-order valence-corrected chi connectivity index (χ2v) is 9.09. The summed E-state index contributed by atoms with van der Waals surface area (Å²) in [5.41, 5.74) is 1.60. The van der Waals surface area contributed by atoms with E-state index in [0.29, 0.717) is 10.7 Å². The van der Waals surface area contributed by atoms with Crippen LogP contribution in [0.25, 0.3) is 10.8 Å². The highest BCUT2D eigenvalue weighted by molar-refractivity contribution is 7.92. The number of benzene rings is 3. The van der Waals surface area contributed by atoms with Crippen molar-refractivity contribution < 1.29 is 8.42 Å². The van der Waals surface area contributed by atoms with Crippen LogP contribution in [0.5, 0.6) is 0 Å². The number of nitrogens with zero attached hydrogens (tertiary/aromatic N) is 1. The molecule has 3 aromatic carbocycles. The molecule has 1 heterocycles. The van der Waals surface area contributed by atoms with Crippen molar-refractivity contribution in [2.24, 2.45) is 0 Å². The van der Waals surface area contributed by atoms with E-state index in [4.69, 9.17) is 23.2 Å². The summed E-state index contributed by atoms with van der Waals surface area (Å²) in [5, 5.41) is 5.61. The Labute approximate surface area is 186 Å². The van der Waals surface area contributed by atoms with Gasteiger partial charge in [-0.05, 0) is 30.3 Å². The minimum atomic E-state index is -3.89. The highest BCUT2D eigenvalue weighted by Crippen LogP contribution is 2.34. The lowest BCUT2D eigenvalue weighted by Crippen LogP contribution is -2.43. The average molecular weight is 473 g/mol. The predicted molar refractivity (Wildman–Crippen MR) is 124 cm³/mol. The number of hydrogen-bond acceptors (Lipinski definition) is 4. The zero-order valence-corrected chi connectivity index (χ0v) is 18.5. The van der Waals surface area contributed by atoms with Gasteiger partial charge in [-0.15, -0.1) is 12.4 Å². The van der Waals surface area contributed by atoms with Gasteiger partial charge in [0.2, 0.25) is 0 Å². The molecule has 1 saturated heterocycles. The van der Waals surface area contributed by atoms with Crippen LogP contribution in [0.15, 0.2) is 59.5 Å². The topological polar surface area (TPSA) is 61.4 Å². The van der Waals surface area contributed by atoms with Crippen LogP contribution in [0, 0.1) is 0 Å². The van der Waals surface area contributed by atoms with E-state index in [1.165, 1.54) is 12.1 Å². The summed E-state index contributed by atoms with van der Waals surface area (Å²) in [6.45, 7) is 3.67. The molecule has 4 rings (SSSR count). The van der Waals surface area contributed by atoms with E-state index in [1.54, 1.807) is 12.1 Å². The summed E-state index contributed by atoms with van der Waals surface area (Å²) in [5.74, 6) is 0. The van der Waals surface area contributed by atoms with E-state index in [2.05, 4.69) is 14.9 Å². The van der Waals surface area contributed by atoms with Gasteiger partial charge in [0.15, 0.2) is 0 Å². The van der Waals surface area contributed by atoms with Crippen molar-refractivity contribution in [3.63, 3.8) is 0 Å². The summed E-state index contributed by atoms with van der Waals surface area (Å²) >= 11 is 12.1. The summed E-state index contributed by atoms with van der Waals surface area (Å²) in [6.07, 6.45) is 0. The van der Waals surface area contributed by atoms with Crippen molar-refractivity contribution in [3.8, 4) is 0 Å². The number of piperazine rings is 1. The number of halogens is 3. The zero-order valence-electron chi connectivity index (χ0n) is 15.4. The Hall–Kier alpha value is -1.70. The molecule has 2 N–H and O–H groups in total. The van der Waals surface area contributed by atoms with Gasteiger partial charge in [0.05, 0.1) is 10.7 Å². The maximum absolute atomic E-state index is 12.9. The Morgan fingerprint density at radius 2 is 1.62 bits per heavy atom. The molecular formula is C20H20Cl3N3O2S. The molecule has 0 bridgehead atoms. The summed E-state index contributed by atoms with van der Waals surface area (Å²) in [4.78, 5) is 2.27. The normalized spacial score (nSPS) is 14.5. The van der Waals surface area contributed by atoms with Crippen LogP contribution in [-0.2, 0) is 10.0 Å². The second kappa shape index (κ2) is 8.98. The molecule has 0 aromatic heterocycles. The van der Waals surface area contributed by atoms with Gasteiger partial charge in [0.1, 0.15) is 4.90 Å². The maximum atomic E-state index is 12.9. The van der Waals surface area contributed by atoms with Crippen LogP contribution in [0.1, 0.15) is 0 Å². The highest BCUT2D eigenvalue weighted by atomic mass is 35.5. The third kappa shape index (κ3) is 4.57. The molecule has 0 spiro atoms. The van der Waals surface area contributed by atoms with Crippen LogP contribution < -0.4 is 14.9 Å². The van der Waals surface area contributed by atoms with E-state index >= 15 is 0 Å². The molecule has 5 nitrogen and oxygen atoms in total. The van der Waals surface area contributed by atoms with E-state index in [-0.39, 0.29) is 22.3 Å². The monoisotopic (exact) mass is 471 g/mol. The third-order valence-corrected chi connectivity index (χ3v) is 6.87. The minimum Gasteiger partial charge on any atom is -0.368 e. The molecule has 9 heteroatoms. The largest absolute Gasteiger partial charge is 0.368 e. The second-order valence-electron chi connectivity index (χ2n) is 6.60. The fourth-order valence-corrected chi connectivity index (χ4v) is 5.28. The number of anilines is 2. The van der Waals surface area contributed by atoms with Gasteiger partial charge in [-0.1, -0.05) is 47.5 Å². The molecule has 1 fully saturated rings. The first-order chi connectivity index (χ1) is 13.5. The Balaban J connectivity index is 0.00000240. The van der Waals surface area contributed by atoms with Gasteiger partial charge in [0, 0.05) is 47.7 Å². The summed E-state index contributed by atoms with van der Waals surface area (Å²) < 4.78 is 28.5. The zero-order chi connectivity index (χ0) is 19.7. The SMILES string of the molecule is Cl.O=S(=O)(Nc1ccc(N2CCNCC2)c2ccccc12)c1cc(Cl)ccc1Cl. The van der Waals surface area contributed by atoms with Crippen LogP contribution >= 0.6 is 35.6 Å². The average Bonchev–Trinajstić information content (AvgIpc) is 2.70. The fourth-order valence-electron chi connectivity index (χ4n) is 3.44. The van der Waals surface area contributed by atoms with Gasteiger partial charge in [-0.3, -0.25) is 4.72 Å². The van der Waals surface area contributed by atoms with Crippen LogP contribution in [0.4, 0.5) is 11.4 Å². The van der Waals surface area contributed by atoms with E-state index < -0.39 is 10.0 Å². The lowest BCUT2D eigenvalue weighted by molar-refractivity contribution is 0.590. The van der Waals surface area contributed by atoms with Crippen molar-refractivity contribution >= 4 is 67.8 Å². The molecule has 0 amide bonds. The van der Waals surface area contributed by atoms with Gasteiger partial charge in [-0.2, -0.15) is 0 Å². The van der Waals surface area contributed by atoms with Crippen LogP contribution in [0.3, 0.4) is 0 Å². The van der Waals surface area contributed by atoms with Crippen molar-refractivity contribution in [2.75, 3.05) is 35.8 Å². The van der Waals surface area contributed by atoms with Crippen molar-refractivity contribution in [3.05, 3.63) is 64.6 Å². The highest BCUT2D eigenvalue weighted by Gasteiger charge is 2.21. The molecule has 0 atom stereocenters. The molecular weight excluding hydrogens is 453 g/mol. The lowest BCUT2D eigenvalue weighted by atomic mass is 10.1. The molecule has 0 aliphatic carbocycles. The molecule has 0 radical (unpaired) electrons. The molecule has 154 valence electrons. The van der Waals surface area contributed by atoms with Crippen LogP contribution in [0.2, 0.25) is 10.0 Å². The molecule has 0 unspecified atom stereocenters. The smallest absolute Gasteiger partial charge is 0.263 e. The first-order valence-corrected chi connectivity index (χ1v) is 11.1. The first-order valence-electron chi connectivity index (χ1n) is 8.91. The third-order valence-electron chi connectivity index (χ3n) is 4.79. The Kier molecular flexibility index (Phi) is 6.81. The van der Waals surface area contributed by atoms with Gasteiger partial charge < -0.3 is 10.2 Å². The van der Waals surface area contributed by atoms with Crippen molar-refractivity contribution in [1.82, 2.24) is 5.32 Å². The predicted octanol–water partition coefficient (Wildman–Crippen LogP) is 4.78. The Morgan fingerprint density at radius 3 is 2.34 bits per heavy atom. The van der Waals surface area contributed by atoms with E-state index in [9.17, 15) is 8.42 Å². The Bertz CT molecular complexity index is 1130. The van der Waals surface area contributed by atoms with Crippen LogP contribution in [-0.4, -0.2) is 34.6 Å². The van der Waals surface area contributed by atoms with E-state index in [0.717, 1.165) is 42.6 Å². The standard InChI is InChI=1S/C20H19Cl2N3O2S.ClH/c21-14-5-6-17(22)20(13-14)28(26,27)24-18-7-8-19(25-11-9-23-10-12-25)16-4-2-1-3-15(16)18;/h1-8,13,23-24H,9-12H2;1H. The first kappa shape index (κ1) is 22.0.